The lowest BCUT2D eigenvalue weighted by atomic mass is 10.1. The second-order valence-corrected chi connectivity index (χ2v) is 3.30. The summed E-state index contributed by atoms with van der Waals surface area (Å²) >= 11 is 3.46. The van der Waals surface area contributed by atoms with Crippen LogP contribution in [-0.4, -0.2) is 7.11 Å². The van der Waals surface area contributed by atoms with E-state index in [2.05, 4.69) is 22.5 Å². The van der Waals surface area contributed by atoms with Gasteiger partial charge in [0, 0.05) is 4.47 Å². The molecule has 0 spiro atoms. The second-order valence-electron chi connectivity index (χ2n) is 2.45. The van der Waals surface area contributed by atoms with Crippen molar-refractivity contribution in [2.24, 2.45) is 0 Å². The summed E-state index contributed by atoms with van der Waals surface area (Å²) in [5.74, 6) is 0.884. The van der Waals surface area contributed by atoms with Crippen LogP contribution in [0.25, 0.3) is 0 Å². The molecule has 0 heterocycles. The summed E-state index contributed by atoms with van der Waals surface area (Å²) in [6.45, 7) is 3.69. The Labute approximate surface area is 81.2 Å². The van der Waals surface area contributed by atoms with E-state index in [1.54, 1.807) is 7.11 Å². The largest absolute Gasteiger partial charge is 0.497 e. The average Bonchev–Trinajstić information content (AvgIpc) is 2.09. The van der Waals surface area contributed by atoms with Crippen molar-refractivity contribution in [3.63, 3.8) is 0 Å². The number of methoxy groups -OCH3 is 1. The molecule has 12 heavy (non-hydrogen) atoms. The van der Waals surface area contributed by atoms with Gasteiger partial charge >= 0.3 is 0 Å². The van der Waals surface area contributed by atoms with Crippen molar-refractivity contribution in [3.8, 4) is 5.75 Å². The molecule has 1 aromatic rings. The zero-order valence-corrected chi connectivity index (χ0v) is 8.60. The van der Waals surface area contributed by atoms with Gasteiger partial charge < -0.3 is 4.74 Å². The van der Waals surface area contributed by atoms with Gasteiger partial charge in [0.1, 0.15) is 5.75 Å². The van der Waals surface area contributed by atoms with Crippen LogP contribution in [0.15, 0.2) is 35.3 Å². The third kappa shape index (κ3) is 2.11. The molecule has 1 aromatic carbocycles. The Morgan fingerprint density at radius 2 is 2.33 bits per heavy atom. The van der Waals surface area contributed by atoms with Crippen molar-refractivity contribution in [1.82, 2.24) is 0 Å². The fraction of sp³-hybridized carbons (Fsp3) is 0.200. The van der Waals surface area contributed by atoms with Gasteiger partial charge in [0.25, 0.3) is 0 Å². The molecule has 0 aliphatic rings. The molecule has 0 saturated carbocycles. The molecule has 0 radical (unpaired) electrons. The molecule has 0 unspecified atom stereocenters. The number of ether oxygens (including phenoxy) is 1. The summed E-state index contributed by atoms with van der Waals surface area (Å²) < 4.78 is 6.20. The minimum atomic E-state index is 0.859. The normalized spacial score (nSPS) is 9.50. The maximum Gasteiger partial charge on any atom is 0.119 e. The fourth-order valence-electron chi connectivity index (χ4n) is 0.990. The SMILES string of the molecule is C=CCc1cc(OC)ccc1Br. The molecular weight excluding hydrogens is 216 g/mol. The Kier molecular flexibility index (Phi) is 3.35. The summed E-state index contributed by atoms with van der Waals surface area (Å²) in [5.41, 5.74) is 1.20. The highest BCUT2D eigenvalue weighted by atomic mass is 79.9. The molecule has 0 aliphatic heterocycles. The molecule has 0 amide bonds. The maximum absolute atomic E-state index is 5.10. The van der Waals surface area contributed by atoms with E-state index in [9.17, 15) is 0 Å². The predicted octanol–water partition coefficient (Wildman–Crippen LogP) is 3.19. The third-order valence-electron chi connectivity index (χ3n) is 1.62. The van der Waals surface area contributed by atoms with Gasteiger partial charge in [0.15, 0.2) is 0 Å². The zero-order chi connectivity index (χ0) is 8.97. The lowest BCUT2D eigenvalue weighted by molar-refractivity contribution is 0.414. The van der Waals surface area contributed by atoms with Crippen LogP contribution >= 0.6 is 15.9 Å². The highest BCUT2D eigenvalue weighted by Gasteiger charge is 1.99. The molecule has 0 saturated heterocycles. The van der Waals surface area contributed by atoms with Crippen LogP contribution in [0.4, 0.5) is 0 Å². The minimum absolute atomic E-state index is 0.859. The van der Waals surface area contributed by atoms with E-state index in [4.69, 9.17) is 4.74 Å². The van der Waals surface area contributed by atoms with E-state index in [0.717, 1.165) is 16.6 Å². The van der Waals surface area contributed by atoms with Crippen LogP contribution in [0.3, 0.4) is 0 Å². The summed E-state index contributed by atoms with van der Waals surface area (Å²) in [4.78, 5) is 0. The van der Waals surface area contributed by atoms with Gasteiger partial charge in [-0.25, -0.2) is 0 Å². The van der Waals surface area contributed by atoms with Crippen LogP contribution in [0.1, 0.15) is 5.56 Å². The minimum Gasteiger partial charge on any atom is -0.497 e. The summed E-state index contributed by atoms with van der Waals surface area (Å²) in [6.07, 6.45) is 2.73. The number of rotatable bonds is 3. The van der Waals surface area contributed by atoms with Crippen LogP contribution in [0.2, 0.25) is 0 Å². The number of hydrogen-bond acceptors (Lipinski definition) is 1. The van der Waals surface area contributed by atoms with Crippen molar-refractivity contribution in [1.29, 1.82) is 0 Å². The van der Waals surface area contributed by atoms with Gasteiger partial charge in [-0.05, 0) is 30.2 Å². The molecule has 0 fully saturated rings. The topological polar surface area (TPSA) is 9.23 Å². The van der Waals surface area contributed by atoms with Crippen LogP contribution in [-0.2, 0) is 6.42 Å². The summed E-state index contributed by atoms with van der Waals surface area (Å²) in [6, 6.07) is 5.92. The Morgan fingerprint density at radius 1 is 1.58 bits per heavy atom. The highest BCUT2D eigenvalue weighted by Crippen LogP contribution is 2.22. The first kappa shape index (κ1) is 9.33. The quantitative estimate of drug-likeness (QED) is 0.720. The Bertz CT molecular complexity index is 281. The molecule has 0 bridgehead atoms. The van der Waals surface area contributed by atoms with Crippen molar-refractivity contribution >= 4 is 15.9 Å². The monoisotopic (exact) mass is 226 g/mol. The van der Waals surface area contributed by atoms with Crippen LogP contribution < -0.4 is 4.74 Å². The molecular formula is C10H11BrO. The maximum atomic E-state index is 5.10. The predicted molar refractivity (Wildman–Crippen MR) is 54.6 cm³/mol. The highest BCUT2D eigenvalue weighted by molar-refractivity contribution is 9.10. The Balaban J connectivity index is 2.99. The molecule has 64 valence electrons. The van der Waals surface area contributed by atoms with E-state index in [0.29, 0.717) is 0 Å². The van der Waals surface area contributed by atoms with Crippen molar-refractivity contribution in [3.05, 3.63) is 40.9 Å². The van der Waals surface area contributed by atoms with Crippen molar-refractivity contribution in [2.75, 3.05) is 7.11 Å². The number of halogens is 1. The summed E-state index contributed by atoms with van der Waals surface area (Å²) in [5, 5.41) is 0. The average molecular weight is 227 g/mol. The lowest BCUT2D eigenvalue weighted by Crippen LogP contribution is -1.87. The first-order chi connectivity index (χ1) is 5.77. The van der Waals surface area contributed by atoms with E-state index >= 15 is 0 Å². The Hall–Kier alpha value is -0.760. The number of benzene rings is 1. The standard InChI is InChI=1S/C10H11BrO/c1-3-4-8-7-9(12-2)5-6-10(8)11/h3,5-7H,1,4H2,2H3. The second kappa shape index (κ2) is 4.31. The molecule has 1 rings (SSSR count). The number of hydrogen-bond donors (Lipinski definition) is 0. The Morgan fingerprint density at radius 3 is 2.92 bits per heavy atom. The molecule has 0 atom stereocenters. The lowest BCUT2D eigenvalue weighted by Gasteiger charge is -2.04. The molecule has 0 aliphatic carbocycles. The molecule has 2 heteroatoms. The van der Waals surface area contributed by atoms with E-state index in [1.807, 2.05) is 24.3 Å². The van der Waals surface area contributed by atoms with E-state index < -0.39 is 0 Å². The van der Waals surface area contributed by atoms with Gasteiger partial charge in [-0.15, -0.1) is 6.58 Å². The van der Waals surface area contributed by atoms with Crippen LogP contribution in [0, 0.1) is 0 Å². The first-order valence-electron chi connectivity index (χ1n) is 3.71. The first-order valence-corrected chi connectivity index (χ1v) is 4.50. The summed E-state index contributed by atoms with van der Waals surface area (Å²) in [7, 11) is 1.67. The van der Waals surface area contributed by atoms with E-state index in [-0.39, 0.29) is 0 Å². The molecule has 1 nitrogen and oxygen atoms in total. The fourth-order valence-corrected chi connectivity index (χ4v) is 1.40. The van der Waals surface area contributed by atoms with Gasteiger partial charge in [-0.2, -0.15) is 0 Å². The third-order valence-corrected chi connectivity index (χ3v) is 2.39. The van der Waals surface area contributed by atoms with Crippen LogP contribution in [0.5, 0.6) is 5.75 Å². The smallest absolute Gasteiger partial charge is 0.119 e. The number of allylic oxidation sites excluding steroid dienone is 1. The van der Waals surface area contributed by atoms with Gasteiger partial charge in [-0.1, -0.05) is 22.0 Å². The van der Waals surface area contributed by atoms with Gasteiger partial charge in [-0.3, -0.25) is 0 Å². The van der Waals surface area contributed by atoms with Crippen molar-refractivity contribution < 1.29 is 4.74 Å². The van der Waals surface area contributed by atoms with Gasteiger partial charge in [0.2, 0.25) is 0 Å². The zero-order valence-electron chi connectivity index (χ0n) is 7.01. The van der Waals surface area contributed by atoms with E-state index in [1.165, 1.54) is 5.56 Å². The van der Waals surface area contributed by atoms with Crippen molar-refractivity contribution in [2.45, 2.75) is 6.42 Å². The van der Waals surface area contributed by atoms with Gasteiger partial charge in [0.05, 0.1) is 7.11 Å². The molecule has 0 aromatic heterocycles. The molecule has 0 N–H and O–H groups in total.